The maximum absolute atomic E-state index is 13.3. The van der Waals surface area contributed by atoms with Crippen molar-refractivity contribution in [1.29, 1.82) is 0 Å². The zero-order valence-corrected chi connectivity index (χ0v) is 28.5. The number of hydrogen-bond acceptors (Lipinski definition) is 6. The Hall–Kier alpha value is -2.26. The van der Waals surface area contributed by atoms with Gasteiger partial charge in [0.05, 0.1) is 12.5 Å². The maximum Gasteiger partial charge on any atom is 0.253 e. The molecule has 0 aromatic heterocycles. The van der Waals surface area contributed by atoms with Crippen molar-refractivity contribution in [2.75, 3.05) is 19.7 Å². The van der Waals surface area contributed by atoms with Crippen LogP contribution in [-0.2, 0) is 28.7 Å². The molecule has 2 fully saturated rings. The second-order valence-electron chi connectivity index (χ2n) is 13.9. The van der Waals surface area contributed by atoms with E-state index >= 15 is 0 Å². The van der Waals surface area contributed by atoms with E-state index in [9.17, 15) is 19.2 Å². The topological polar surface area (TPSA) is 114 Å². The largest absolute Gasteiger partial charge is 0.352 e. The second kappa shape index (κ2) is 19.3. The average molecular weight is 620 g/mol. The Bertz CT molecular complexity index is 947. The minimum absolute atomic E-state index is 0.0394. The van der Waals surface area contributed by atoms with Crippen molar-refractivity contribution >= 4 is 23.6 Å². The molecule has 2 aliphatic rings. The van der Waals surface area contributed by atoms with Crippen LogP contribution >= 0.6 is 0 Å². The van der Waals surface area contributed by atoms with E-state index in [0.29, 0.717) is 32.5 Å². The van der Waals surface area contributed by atoms with Crippen LogP contribution in [0.1, 0.15) is 138 Å². The molecule has 3 atom stereocenters. The highest BCUT2D eigenvalue weighted by Crippen LogP contribution is 2.35. The Morgan fingerprint density at radius 3 is 2.18 bits per heavy atom. The van der Waals surface area contributed by atoms with Crippen molar-refractivity contribution in [1.82, 2.24) is 15.5 Å². The van der Waals surface area contributed by atoms with Gasteiger partial charge in [0, 0.05) is 37.2 Å². The highest BCUT2D eigenvalue weighted by molar-refractivity contribution is 6.03. The van der Waals surface area contributed by atoms with Gasteiger partial charge in [-0.15, -0.1) is 0 Å². The molecule has 2 N–H and O–H groups in total. The summed E-state index contributed by atoms with van der Waals surface area (Å²) in [7, 11) is 0. The first-order valence-corrected chi connectivity index (χ1v) is 17.3. The summed E-state index contributed by atoms with van der Waals surface area (Å²) in [4.78, 5) is 52.4. The standard InChI is InChI=1S/C35H61N3O6/c1-7-9-11-12-13-14-15-16-17-20-27(19-10-8-2)28-25-30(40)38(33(28)42)24-18-22-36-29(39)21-23-37-32(41)31-34(3,4)26-43-35(5,6)44-31/h21,23,27-28,31H,7-20,22,24-26H2,1-6H3,(H,36,39)(H,37,41)/b23-21+/t27?,28?,31-/m0/s1. The Balaban J connectivity index is 1.72. The lowest BCUT2D eigenvalue weighted by Gasteiger charge is -2.44. The van der Waals surface area contributed by atoms with Gasteiger partial charge in [-0.05, 0) is 39.0 Å². The van der Waals surface area contributed by atoms with Crippen LogP contribution < -0.4 is 10.6 Å². The fraction of sp³-hybridized carbons (Fsp3) is 0.829. The van der Waals surface area contributed by atoms with Crippen LogP contribution in [-0.4, -0.2) is 60.1 Å². The molecule has 2 unspecified atom stereocenters. The first-order valence-electron chi connectivity index (χ1n) is 17.3. The number of carbonyl (C=O) groups is 4. The lowest BCUT2D eigenvalue weighted by Crippen LogP contribution is -2.55. The molecule has 9 heteroatoms. The molecule has 0 radical (unpaired) electrons. The van der Waals surface area contributed by atoms with E-state index in [1.54, 1.807) is 13.8 Å². The number of nitrogens with one attached hydrogen (secondary N) is 2. The molecule has 0 spiro atoms. The van der Waals surface area contributed by atoms with Gasteiger partial charge in [0.25, 0.3) is 5.91 Å². The lowest BCUT2D eigenvalue weighted by molar-refractivity contribution is -0.303. The van der Waals surface area contributed by atoms with Crippen LogP contribution in [0.3, 0.4) is 0 Å². The third kappa shape index (κ3) is 13.0. The number of amides is 4. The summed E-state index contributed by atoms with van der Waals surface area (Å²) in [5, 5.41) is 5.39. The number of hydrogen-bond donors (Lipinski definition) is 2. The Labute approximate surface area is 266 Å². The molecule has 0 aliphatic carbocycles. The Kier molecular flexibility index (Phi) is 16.6. The van der Waals surface area contributed by atoms with Crippen molar-refractivity contribution in [2.24, 2.45) is 17.3 Å². The van der Waals surface area contributed by atoms with Gasteiger partial charge in [0.1, 0.15) is 6.10 Å². The van der Waals surface area contributed by atoms with E-state index in [1.165, 1.54) is 68.5 Å². The van der Waals surface area contributed by atoms with Gasteiger partial charge in [-0.25, -0.2) is 0 Å². The molecule has 4 amide bonds. The molecular formula is C35H61N3O6. The highest BCUT2D eigenvalue weighted by atomic mass is 16.7. The normalized spacial score (nSPS) is 22.0. The van der Waals surface area contributed by atoms with Crippen LogP contribution in [0, 0.1) is 17.3 Å². The Morgan fingerprint density at radius 2 is 1.52 bits per heavy atom. The molecule has 2 heterocycles. The number of nitrogens with zero attached hydrogens (tertiary/aromatic N) is 1. The summed E-state index contributed by atoms with van der Waals surface area (Å²) < 4.78 is 11.5. The molecule has 0 aromatic carbocycles. The van der Waals surface area contributed by atoms with Crippen molar-refractivity contribution in [3.8, 4) is 0 Å². The zero-order valence-electron chi connectivity index (χ0n) is 28.5. The van der Waals surface area contributed by atoms with Gasteiger partial charge < -0.3 is 20.1 Å². The lowest BCUT2D eigenvalue weighted by atomic mass is 9.82. The summed E-state index contributed by atoms with van der Waals surface area (Å²) in [6.45, 7) is 12.7. The van der Waals surface area contributed by atoms with Gasteiger partial charge in [0.15, 0.2) is 5.79 Å². The number of rotatable bonds is 21. The molecule has 9 nitrogen and oxygen atoms in total. The molecule has 252 valence electrons. The van der Waals surface area contributed by atoms with E-state index in [1.807, 2.05) is 13.8 Å². The first kappa shape index (κ1) is 37.9. The predicted octanol–water partition coefficient (Wildman–Crippen LogP) is 6.40. The summed E-state index contributed by atoms with van der Waals surface area (Å²) >= 11 is 0. The number of imide groups is 1. The molecule has 44 heavy (non-hydrogen) atoms. The zero-order chi connectivity index (χ0) is 32.6. The summed E-state index contributed by atoms with van der Waals surface area (Å²) in [6, 6.07) is 0. The van der Waals surface area contributed by atoms with E-state index in [0.717, 1.165) is 32.1 Å². The van der Waals surface area contributed by atoms with Crippen molar-refractivity contribution in [3.05, 3.63) is 12.3 Å². The third-order valence-electron chi connectivity index (χ3n) is 8.91. The van der Waals surface area contributed by atoms with E-state index in [2.05, 4.69) is 24.5 Å². The summed E-state index contributed by atoms with van der Waals surface area (Å²) in [6.07, 6.45) is 18.3. The minimum atomic E-state index is -0.861. The van der Waals surface area contributed by atoms with Gasteiger partial charge in [-0.1, -0.05) is 98.3 Å². The van der Waals surface area contributed by atoms with Crippen molar-refractivity contribution in [2.45, 2.75) is 150 Å². The number of likely N-dealkylation sites (tertiary alicyclic amines) is 1. The predicted molar refractivity (Wildman–Crippen MR) is 173 cm³/mol. The van der Waals surface area contributed by atoms with Crippen LogP contribution in [0.4, 0.5) is 0 Å². The van der Waals surface area contributed by atoms with Gasteiger partial charge >= 0.3 is 0 Å². The number of carbonyl (C=O) groups excluding carboxylic acids is 4. The number of unbranched alkanes of at least 4 members (excludes halogenated alkanes) is 9. The summed E-state index contributed by atoms with van der Waals surface area (Å²) in [5.74, 6) is -1.64. The molecular weight excluding hydrogens is 558 g/mol. The van der Waals surface area contributed by atoms with E-state index in [-0.39, 0.29) is 35.5 Å². The highest BCUT2D eigenvalue weighted by Gasteiger charge is 2.45. The molecule has 2 saturated heterocycles. The SMILES string of the molecule is CCCCCCCCCCCC(CCCC)C1CC(=O)N(CCCNC(=O)/C=C/NC(=O)[C@@H]2OC(C)(C)OCC2(C)C)C1=O. The van der Waals surface area contributed by atoms with Crippen LogP contribution in [0.5, 0.6) is 0 Å². The van der Waals surface area contributed by atoms with Crippen LogP contribution in [0.25, 0.3) is 0 Å². The maximum atomic E-state index is 13.3. The Morgan fingerprint density at radius 1 is 0.909 bits per heavy atom. The van der Waals surface area contributed by atoms with Gasteiger partial charge in [-0.2, -0.15) is 0 Å². The van der Waals surface area contributed by atoms with Crippen LogP contribution in [0.15, 0.2) is 12.3 Å². The molecule has 2 aliphatic heterocycles. The van der Waals surface area contributed by atoms with E-state index in [4.69, 9.17) is 9.47 Å². The molecule has 0 saturated carbocycles. The van der Waals surface area contributed by atoms with Crippen molar-refractivity contribution < 1.29 is 28.7 Å². The van der Waals surface area contributed by atoms with Crippen molar-refractivity contribution in [3.63, 3.8) is 0 Å². The number of ether oxygens (including phenoxy) is 2. The van der Waals surface area contributed by atoms with E-state index < -0.39 is 17.3 Å². The third-order valence-corrected chi connectivity index (χ3v) is 8.91. The van der Waals surface area contributed by atoms with Gasteiger partial charge in [0.2, 0.25) is 17.7 Å². The smallest absolute Gasteiger partial charge is 0.253 e. The fourth-order valence-corrected chi connectivity index (χ4v) is 6.15. The van der Waals surface area contributed by atoms with Gasteiger partial charge in [-0.3, -0.25) is 24.1 Å². The van der Waals surface area contributed by atoms with Crippen LogP contribution in [0.2, 0.25) is 0 Å². The summed E-state index contributed by atoms with van der Waals surface area (Å²) in [5.41, 5.74) is -0.511. The molecule has 0 aromatic rings. The first-order chi connectivity index (χ1) is 20.9. The average Bonchev–Trinajstić information content (AvgIpc) is 3.25. The molecule has 2 rings (SSSR count). The fourth-order valence-electron chi connectivity index (χ4n) is 6.15. The second-order valence-corrected chi connectivity index (χ2v) is 13.9. The monoisotopic (exact) mass is 619 g/mol. The quantitative estimate of drug-likeness (QED) is 0.0873. The molecule has 0 bridgehead atoms. The minimum Gasteiger partial charge on any atom is -0.352 e.